The van der Waals surface area contributed by atoms with Crippen LogP contribution in [0.15, 0.2) is 48.5 Å². The minimum absolute atomic E-state index is 0.242. The van der Waals surface area contributed by atoms with Gasteiger partial charge in [0.15, 0.2) is 5.65 Å². The number of aromatic nitrogens is 2. The zero-order chi connectivity index (χ0) is 21.3. The summed E-state index contributed by atoms with van der Waals surface area (Å²) in [5, 5.41) is 3.69. The number of methoxy groups -OCH3 is 1. The third-order valence-electron chi connectivity index (χ3n) is 4.88. The molecule has 0 aliphatic carbocycles. The molecule has 7 heteroatoms. The third kappa shape index (κ3) is 5.67. The van der Waals surface area contributed by atoms with Gasteiger partial charge in [-0.2, -0.15) is 4.98 Å². The van der Waals surface area contributed by atoms with Gasteiger partial charge in [-0.05, 0) is 62.0 Å². The van der Waals surface area contributed by atoms with E-state index in [0.29, 0.717) is 35.3 Å². The van der Waals surface area contributed by atoms with Crippen LogP contribution in [0.25, 0.3) is 11.0 Å². The van der Waals surface area contributed by atoms with Gasteiger partial charge in [0.25, 0.3) is 5.91 Å². The highest BCUT2D eigenvalue weighted by Crippen LogP contribution is 2.18. The first kappa shape index (κ1) is 21.5. The molecule has 0 fully saturated rings. The Labute approximate surface area is 177 Å². The third-order valence-corrected chi connectivity index (χ3v) is 4.88. The highest BCUT2D eigenvalue weighted by Gasteiger charge is 2.09. The fourth-order valence-electron chi connectivity index (χ4n) is 3.07. The Bertz CT molecular complexity index is 972. The first-order valence-corrected chi connectivity index (χ1v) is 10.2. The van der Waals surface area contributed by atoms with Crippen molar-refractivity contribution in [1.82, 2.24) is 14.9 Å². The van der Waals surface area contributed by atoms with Crippen molar-refractivity contribution < 1.29 is 14.3 Å². The summed E-state index contributed by atoms with van der Waals surface area (Å²) >= 11 is 0. The molecule has 2 aromatic heterocycles. The number of ether oxygens (including phenoxy) is 2. The number of pyridine rings is 2. The maximum absolute atomic E-state index is 12.5. The molecule has 1 N–H and O–H groups in total. The van der Waals surface area contributed by atoms with Gasteiger partial charge in [-0.15, -0.1) is 0 Å². The van der Waals surface area contributed by atoms with Crippen molar-refractivity contribution in [2.45, 2.75) is 20.3 Å². The van der Waals surface area contributed by atoms with Crippen LogP contribution in [0.5, 0.6) is 11.6 Å². The maximum atomic E-state index is 12.5. The van der Waals surface area contributed by atoms with Crippen molar-refractivity contribution in [2.75, 3.05) is 38.7 Å². The lowest BCUT2D eigenvalue weighted by Gasteiger charge is -2.17. The SMILES string of the molecule is CCN(CC)CCCOc1ccc2ccc(NC(=O)c3ccc(OC)cc3)nc2n1. The molecular formula is C23H28N4O3. The summed E-state index contributed by atoms with van der Waals surface area (Å²) in [6, 6.07) is 14.3. The fourth-order valence-corrected chi connectivity index (χ4v) is 3.07. The van der Waals surface area contributed by atoms with Crippen LogP contribution in [-0.2, 0) is 0 Å². The Morgan fingerprint density at radius 3 is 2.43 bits per heavy atom. The predicted octanol–water partition coefficient (Wildman–Crippen LogP) is 4.00. The Morgan fingerprint density at radius 2 is 1.73 bits per heavy atom. The second kappa shape index (κ2) is 10.5. The van der Waals surface area contributed by atoms with Crippen molar-refractivity contribution >= 4 is 22.8 Å². The molecule has 7 nitrogen and oxygen atoms in total. The van der Waals surface area contributed by atoms with Gasteiger partial charge >= 0.3 is 0 Å². The highest BCUT2D eigenvalue weighted by atomic mass is 16.5. The van der Waals surface area contributed by atoms with Gasteiger partial charge in [0, 0.05) is 23.6 Å². The minimum Gasteiger partial charge on any atom is -0.497 e. The van der Waals surface area contributed by atoms with Crippen molar-refractivity contribution in [2.24, 2.45) is 0 Å². The summed E-state index contributed by atoms with van der Waals surface area (Å²) in [4.78, 5) is 23.8. The van der Waals surface area contributed by atoms with E-state index in [4.69, 9.17) is 9.47 Å². The molecule has 0 saturated carbocycles. The normalized spacial score (nSPS) is 10.9. The van der Waals surface area contributed by atoms with E-state index in [2.05, 4.69) is 34.0 Å². The second-order valence-corrected chi connectivity index (χ2v) is 6.80. The van der Waals surface area contributed by atoms with Crippen LogP contribution in [0.2, 0.25) is 0 Å². The van der Waals surface area contributed by atoms with E-state index in [9.17, 15) is 4.79 Å². The first-order valence-electron chi connectivity index (χ1n) is 10.2. The largest absolute Gasteiger partial charge is 0.497 e. The summed E-state index contributed by atoms with van der Waals surface area (Å²) in [6.45, 7) is 8.00. The van der Waals surface area contributed by atoms with E-state index in [1.54, 1.807) is 37.4 Å². The summed E-state index contributed by atoms with van der Waals surface area (Å²) in [5.41, 5.74) is 1.06. The van der Waals surface area contributed by atoms with Crippen LogP contribution in [-0.4, -0.2) is 54.1 Å². The Balaban J connectivity index is 1.63. The summed E-state index contributed by atoms with van der Waals surface area (Å²) in [7, 11) is 1.59. The molecule has 0 aliphatic heterocycles. The number of carbonyl (C=O) groups excluding carboxylic acids is 1. The number of nitrogens with zero attached hydrogens (tertiary/aromatic N) is 3. The summed E-state index contributed by atoms with van der Waals surface area (Å²) < 4.78 is 10.9. The lowest BCUT2D eigenvalue weighted by molar-refractivity contribution is 0.102. The zero-order valence-corrected chi connectivity index (χ0v) is 17.7. The molecule has 0 aliphatic rings. The van der Waals surface area contributed by atoms with Crippen LogP contribution < -0.4 is 14.8 Å². The van der Waals surface area contributed by atoms with Gasteiger partial charge in [-0.1, -0.05) is 13.8 Å². The standard InChI is InChI=1S/C23H28N4O3/c1-4-27(5-2)15-6-16-30-21-14-10-17-9-13-20(24-22(17)26-21)25-23(28)18-7-11-19(29-3)12-8-18/h7-14H,4-6,15-16H2,1-3H3,(H,24,25,26,28). The fraction of sp³-hybridized carbons (Fsp3) is 0.348. The van der Waals surface area contributed by atoms with Gasteiger partial charge in [0.2, 0.25) is 5.88 Å². The molecule has 0 atom stereocenters. The number of carbonyl (C=O) groups is 1. The molecule has 3 rings (SSSR count). The van der Waals surface area contributed by atoms with Gasteiger partial charge in [-0.3, -0.25) is 4.79 Å². The smallest absolute Gasteiger partial charge is 0.256 e. The van der Waals surface area contributed by atoms with Gasteiger partial charge in [-0.25, -0.2) is 4.98 Å². The van der Waals surface area contributed by atoms with E-state index < -0.39 is 0 Å². The molecular weight excluding hydrogens is 380 g/mol. The first-order chi connectivity index (χ1) is 14.6. The Morgan fingerprint density at radius 1 is 1.00 bits per heavy atom. The van der Waals surface area contributed by atoms with Crippen LogP contribution in [0, 0.1) is 0 Å². The second-order valence-electron chi connectivity index (χ2n) is 6.80. The van der Waals surface area contributed by atoms with Crippen LogP contribution in [0.1, 0.15) is 30.6 Å². The van der Waals surface area contributed by atoms with Crippen LogP contribution >= 0.6 is 0 Å². The number of hydrogen-bond donors (Lipinski definition) is 1. The highest BCUT2D eigenvalue weighted by molar-refractivity contribution is 6.04. The number of benzene rings is 1. The molecule has 2 heterocycles. The van der Waals surface area contributed by atoms with Crippen molar-refractivity contribution in [3.05, 3.63) is 54.1 Å². The Hall–Kier alpha value is -3.19. The maximum Gasteiger partial charge on any atom is 0.256 e. The minimum atomic E-state index is -0.242. The molecule has 3 aromatic rings. The molecule has 158 valence electrons. The molecule has 0 unspecified atom stereocenters. The molecule has 1 amide bonds. The number of nitrogens with one attached hydrogen (secondary N) is 1. The van der Waals surface area contributed by atoms with Crippen LogP contribution in [0.4, 0.5) is 5.82 Å². The molecule has 0 saturated heterocycles. The lowest BCUT2D eigenvalue weighted by atomic mass is 10.2. The number of hydrogen-bond acceptors (Lipinski definition) is 6. The molecule has 0 radical (unpaired) electrons. The molecule has 0 spiro atoms. The number of rotatable bonds is 10. The number of anilines is 1. The average molecular weight is 409 g/mol. The van der Waals surface area contributed by atoms with E-state index >= 15 is 0 Å². The predicted molar refractivity (Wildman–Crippen MR) is 118 cm³/mol. The Kier molecular flexibility index (Phi) is 7.57. The molecule has 0 bridgehead atoms. The van der Waals surface area contributed by atoms with Gasteiger partial charge < -0.3 is 19.7 Å². The topological polar surface area (TPSA) is 76.6 Å². The monoisotopic (exact) mass is 408 g/mol. The summed E-state index contributed by atoms with van der Waals surface area (Å²) in [5.74, 6) is 1.43. The lowest BCUT2D eigenvalue weighted by Crippen LogP contribution is -2.25. The average Bonchev–Trinajstić information content (AvgIpc) is 2.79. The van der Waals surface area contributed by atoms with E-state index in [0.717, 1.165) is 31.4 Å². The van der Waals surface area contributed by atoms with Gasteiger partial charge in [0.1, 0.15) is 11.6 Å². The number of fused-ring (bicyclic) bond motifs is 1. The van der Waals surface area contributed by atoms with Crippen LogP contribution in [0.3, 0.4) is 0 Å². The quantitative estimate of drug-likeness (QED) is 0.511. The number of amides is 1. The molecule has 30 heavy (non-hydrogen) atoms. The van der Waals surface area contributed by atoms with Crippen molar-refractivity contribution in [3.8, 4) is 11.6 Å². The summed E-state index contributed by atoms with van der Waals surface area (Å²) in [6.07, 6.45) is 0.937. The van der Waals surface area contributed by atoms with E-state index in [1.165, 1.54) is 0 Å². The van der Waals surface area contributed by atoms with E-state index in [1.807, 2.05) is 18.2 Å². The van der Waals surface area contributed by atoms with Gasteiger partial charge in [0.05, 0.1) is 13.7 Å². The molecule has 1 aromatic carbocycles. The van der Waals surface area contributed by atoms with Crippen molar-refractivity contribution in [1.29, 1.82) is 0 Å². The van der Waals surface area contributed by atoms with E-state index in [-0.39, 0.29) is 5.91 Å². The zero-order valence-electron chi connectivity index (χ0n) is 17.7. The van der Waals surface area contributed by atoms with Crippen molar-refractivity contribution in [3.63, 3.8) is 0 Å².